The number of aliphatic hydroxyl groups excluding tert-OH is 1. The summed E-state index contributed by atoms with van der Waals surface area (Å²) >= 11 is 0. The second kappa shape index (κ2) is 4.35. The van der Waals surface area contributed by atoms with Gasteiger partial charge in [-0.2, -0.15) is 0 Å². The van der Waals surface area contributed by atoms with Crippen LogP contribution in [0.1, 0.15) is 65.2 Å². The summed E-state index contributed by atoms with van der Waals surface area (Å²) in [6.45, 7) is 5.09. The minimum absolute atomic E-state index is 0.00775. The molecular formula is C19H30O. The quantitative estimate of drug-likeness (QED) is 0.642. The molecule has 0 aliphatic heterocycles. The maximum absolute atomic E-state index is 10.0. The third kappa shape index (κ3) is 1.71. The summed E-state index contributed by atoms with van der Waals surface area (Å²) in [5.74, 6) is 3.61. The summed E-state index contributed by atoms with van der Waals surface area (Å²) in [4.78, 5) is 0. The molecule has 4 rings (SSSR count). The topological polar surface area (TPSA) is 20.2 Å². The van der Waals surface area contributed by atoms with E-state index in [0.29, 0.717) is 10.8 Å². The molecule has 3 fully saturated rings. The highest BCUT2D eigenvalue weighted by molar-refractivity contribution is 5.16. The number of fused-ring (bicyclic) bond motifs is 5. The van der Waals surface area contributed by atoms with E-state index < -0.39 is 0 Å². The molecule has 0 radical (unpaired) electrons. The van der Waals surface area contributed by atoms with Crippen molar-refractivity contribution in [3.63, 3.8) is 0 Å². The molecule has 0 saturated heterocycles. The Kier molecular flexibility index (Phi) is 2.91. The zero-order valence-corrected chi connectivity index (χ0v) is 13.1. The SMILES string of the molecule is C[C@]12CC[C@H](O)C[C@H]1CC[C@@H]1[C@@H]2CC[C@]2(C)C=CC[C@@H]12. The molecule has 1 nitrogen and oxygen atoms in total. The predicted molar refractivity (Wildman–Crippen MR) is 82.3 cm³/mol. The van der Waals surface area contributed by atoms with Crippen LogP contribution in [0.4, 0.5) is 0 Å². The van der Waals surface area contributed by atoms with E-state index in [1.807, 2.05) is 0 Å². The first-order valence-electron chi connectivity index (χ1n) is 8.89. The number of allylic oxidation sites excluding steroid dienone is 2. The van der Waals surface area contributed by atoms with E-state index in [0.717, 1.165) is 36.5 Å². The third-order valence-corrected chi connectivity index (χ3v) is 7.96. The van der Waals surface area contributed by atoms with Crippen molar-refractivity contribution in [3.05, 3.63) is 12.2 Å². The molecule has 7 atom stereocenters. The molecule has 0 unspecified atom stereocenters. The van der Waals surface area contributed by atoms with Crippen molar-refractivity contribution in [1.29, 1.82) is 0 Å². The van der Waals surface area contributed by atoms with E-state index in [1.54, 1.807) is 0 Å². The average Bonchev–Trinajstić information content (AvgIpc) is 2.81. The Labute approximate surface area is 123 Å². The largest absolute Gasteiger partial charge is 0.393 e. The fraction of sp³-hybridized carbons (Fsp3) is 0.895. The van der Waals surface area contributed by atoms with E-state index >= 15 is 0 Å². The van der Waals surface area contributed by atoms with Crippen molar-refractivity contribution in [1.82, 2.24) is 0 Å². The first-order chi connectivity index (χ1) is 9.53. The molecule has 4 aliphatic rings. The second-order valence-electron chi connectivity index (χ2n) is 8.77. The lowest BCUT2D eigenvalue weighted by Crippen LogP contribution is -2.53. The molecule has 0 aromatic rings. The summed E-state index contributed by atoms with van der Waals surface area (Å²) in [5.41, 5.74) is 1.05. The van der Waals surface area contributed by atoms with Gasteiger partial charge >= 0.3 is 0 Å². The van der Waals surface area contributed by atoms with Crippen LogP contribution in [0.2, 0.25) is 0 Å². The monoisotopic (exact) mass is 274 g/mol. The first kappa shape index (κ1) is 13.4. The third-order valence-electron chi connectivity index (χ3n) is 7.96. The lowest BCUT2D eigenvalue weighted by molar-refractivity contribution is -0.116. The molecule has 4 aliphatic carbocycles. The van der Waals surface area contributed by atoms with Gasteiger partial charge in [0.2, 0.25) is 0 Å². The van der Waals surface area contributed by atoms with Crippen LogP contribution >= 0.6 is 0 Å². The number of aliphatic hydroxyl groups is 1. The summed E-state index contributed by atoms with van der Waals surface area (Å²) < 4.78 is 0. The Bertz CT molecular complexity index is 427. The molecule has 3 saturated carbocycles. The highest BCUT2D eigenvalue weighted by atomic mass is 16.3. The number of hydrogen-bond donors (Lipinski definition) is 1. The summed E-state index contributed by atoms with van der Waals surface area (Å²) in [7, 11) is 0. The maximum atomic E-state index is 10.0. The van der Waals surface area contributed by atoms with Crippen molar-refractivity contribution < 1.29 is 5.11 Å². The van der Waals surface area contributed by atoms with Gasteiger partial charge in [0, 0.05) is 0 Å². The molecular weight excluding hydrogens is 244 g/mol. The minimum atomic E-state index is -0.00775. The first-order valence-corrected chi connectivity index (χ1v) is 8.89. The van der Waals surface area contributed by atoms with Crippen LogP contribution in [-0.4, -0.2) is 11.2 Å². The Morgan fingerprint density at radius 2 is 1.85 bits per heavy atom. The van der Waals surface area contributed by atoms with Gasteiger partial charge in [-0.1, -0.05) is 26.0 Å². The van der Waals surface area contributed by atoms with Crippen molar-refractivity contribution in [3.8, 4) is 0 Å². The molecule has 0 aromatic heterocycles. The molecule has 0 bridgehead atoms. The molecule has 0 heterocycles. The second-order valence-corrected chi connectivity index (χ2v) is 8.77. The van der Waals surface area contributed by atoms with E-state index in [4.69, 9.17) is 0 Å². The van der Waals surface area contributed by atoms with Gasteiger partial charge in [-0.05, 0) is 85.9 Å². The van der Waals surface area contributed by atoms with Gasteiger partial charge in [0.15, 0.2) is 0 Å². The molecule has 1 heteroatoms. The van der Waals surface area contributed by atoms with Crippen LogP contribution in [0.5, 0.6) is 0 Å². The Morgan fingerprint density at radius 1 is 1.00 bits per heavy atom. The fourth-order valence-corrected chi connectivity index (χ4v) is 6.72. The van der Waals surface area contributed by atoms with Crippen LogP contribution in [0.15, 0.2) is 12.2 Å². The zero-order valence-electron chi connectivity index (χ0n) is 13.1. The molecule has 0 aromatic carbocycles. The summed E-state index contributed by atoms with van der Waals surface area (Å²) in [5, 5.41) is 10.0. The lowest BCUT2D eigenvalue weighted by atomic mass is 9.45. The van der Waals surface area contributed by atoms with Crippen LogP contribution in [0, 0.1) is 34.5 Å². The minimum Gasteiger partial charge on any atom is -0.393 e. The Hall–Kier alpha value is -0.300. The van der Waals surface area contributed by atoms with Gasteiger partial charge in [0.1, 0.15) is 0 Å². The standard InChI is InChI=1S/C19H30O/c1-18-9-3-4-16(18)15-6-5-13-12-14(20)7-11-19(13,2)17(15)8-10-18/h3,9,13-17,20H,4-8,10-12H2,1-2H3/t13-,14+,15+,16+,17+,18+,19+/m1/s1. The van der Waals surface area contributed by atoms with Crippen molar-refractivity contribution in [2.75, 3.05) is 0 Å². The summed E-state index contributed by atoms with van der Waals surface area (Å²) in [6, 6.07) is 0. The van der Waals surface area contributed by atoms with E-state index in [-0.39, 0.29) is 6.10 Å². The smallest absolute Gasteiger partial charge is 0.0543 e. The molecule has 20 heavy (non-hydrogen) atoms. The highest BCUT2D eigenvalue weighted by Crippen LogP contribution is 2.64. The molecule has 0 amide bonds. The van der Waals surface area contributed by atoms with Gasteiger partial charge in [-0.3, -0.25) is 0 Å². The van der Waals surface area contributed by atoms with Gasteiger partial charge < -0.3 is 5.11 Å². The van der Waals surface area contributed by atoms with Crippen molar-refractivity contribution in [2.24, 2.45) is 34.5 Å². The van der Waals surface area contributed by atoms with Crippen LogP contribution in [0.3, 0.4) is 0 Å². The number of hydrogen-bond acceptors (Lipinski definition) is 1. The molecule has 112 valence electrons. The Morgan fingerprint density at radius 3 is 2.70 bits per heavy atom. The lowest BCUT2D eigenvalue weighted by Gasteiger charge is -2.60. The van der Waals surface area contributed by atoms with Crippen LogP contribution in [-0.2, 0) is 0 Å². The number of rotatable bonds is 0. The van der Waals surface area contributed by atoms with Crippen LogP contribution in [0.25, 0.3) is 0 Å². The van der Waals surface area contributed by atoms with Gasteiger partial charge in [0.25, 0.3) is 0 Å². The van der Waals surface area contributed by atoms with Crippen molar-refractivity contribution in [2.45, 2.75) is 71.3 Å². The maximum Gasteiger partial charge on any atom is 0.0543 e. The van der Waals surface area contributed by atoms with E-state index in [9.17, 15) is 5.11 Å². The zero-order chi connectivity index (χ0) is 14.0. The predicted octanol–water partition coefficient (Wildman–Crippen LogP) is 4.56. The Balaban J connectivity index is 1.63. The van der Waals surface area contributed by atoms with Crippen molar-refractivity contribution >= 4 is 0 Å². The van der Waals surface area contributed by atoms with Gasteiger partial charge in [-0.25, -0.2) is 0 Å². The average molecular weight is 274 g/mol. The van der Waals surface area contributed by atoms with Crippen LogP contribution < -0.4 is 0 Å². The highest BCUT2D eigenvalue weighted by Gasteiger charge is 2.56. The van der Waals surface area contributed by atoms with E-state index in [2.05, 4.69) is 26.0 Å². The fourth-order valence-electron chi connectivity index (χ4n) is 6.72. The molecule has 0 spiro atoms. The molecule has 1 N–H and O–H groups in total. The normalized spacial score (nSPS) is 57.9. The van der Waals surface area contributed by atoms with E-state index in [1.165, 1.54) is 38.5 Å². The van der Waals surface area contributed by atoms with Gasteiger partial charge in [0.05, 0.1) is 6.10 Å². The summed E-state index contributed by atoms with van der Waals surface area (Å²) in [6.07, 6.45) is 15.4. The van der Waals surface area contributed by atoms with Gasteiger partial charge in [-0.15, -0.1) is 0 Å².